The highest BCUT2D eigenvalue weighted by molar-refractivity contribution is 6.05. The van der Waals surface area contributed by atoms with Gasteiger partial charge in [0.15, 0.2) is 17.5 Å². The molecule has 0 aliphatic rings. The number of aromatic nitrogens is 8. The second-order valence-electron chi connectivity index (χ2n) is 22.5. The van der Waals surface area contributed by atoms with Crippen molar-refractivity contribution in [3.63, 3.8) is 0 Å². The first kappa shape index (κ1) is 77.7. The molecule has 538 valence electrons. The van der Waals surface area contributed by atoms with Gasteiger partial charge in [-0.1, -0.05) is 6.07 Å². The number of nitrogens with one attached hydrogen (secondary N) is 10. The molecule has 1 aromatic carbocycles. The Morgan fingerprint density at radius 2 is 0.869 bits per heavy atom. The summed E-state index contributed by atoms with van der Waals surface area (Å²) in [6.45, 7) is 8.14. The number of carbonyl (C=O) groups excluding carboxylic acids is 10. The summed E-state index contributed by atoms with van der Waals surface area (Å²) in [5.41, 5.74) is 1.73. The smallest absolute Gasteiger partial charge is 0.291 e. The Morgan fingerprint density at radius 3 is 1.35 bits per heavy atom. The van der Waals surface area contributed by atoms with E-state index in [0.717, 1.165) is 19.5 Å². The van der Waals surface area contributed by atoms with Crippen molar-refractivity contribution >= 4 is 87.8 Å². The summed E-state index contributed by atoms with van der Waals surface area (Å²) in [7, 11) is 10.0. The Labute approximate surface area is 572 Å². The van der Waals surface area contributed by atoms with Crippen molar-refractivity contribution in [1.82, 2.24) is 69.3 Å². The van der Waals surface area contributed by atoms with E-state index in [1.807, 2.05) is 13.1 Å². The van der Waals surface area contributed by atoms with Gasteiger partial charge in [-0.05, 0) is 57.2 Å². The van der Waals surface area contributed by atoms with Gasteiger partial charge >= 0.3 is 0 Å². The molecule has 0 bridgehead atoms. The number of hydrogen-bond donors (Lipinski definition) is 10. The van der Waals surface area contributed by atoms with Gasteiger partial charge in [0, 0.05) is 150 Å². The Kier molecular flexibility index (Phi) is 32.7. The van der Waals surface area contributed by atoms with E-state index >= 15 is 0 Å². The monoisotopic (exact) mass is 1380 g/mol. The van der Waals surface area contributed by atoms with Crippen LogP contribution in [0.2, 0.25) is 0 Å². The van der Waals surface area contributed by atoms with Crippen molar-refractivity contribution in [3.05, 3.63) is 102 Å². The van der Waals surface area contributed by atoms with E-state index in [1.54, 1.807) is 70.4 Å². The summed E-state index contributed by atoms with van der Waals surface area (Å²) in [4.78, 5) is 141. The first-order chi connectivity index (χ1) is 47.6. The summed E-state index contributed by atoms with van der Waals surface area (Å²) >= 11 is 0. The van der Waals surface area contributed by atoms with E-state index in [-0.39, 0.29) is 116 Å². The Morgan fingerprint density at radius 1 is 0.424 bits per heavy atom. The van der Waals surface area contributed by atoms with E-state index in [0.29, 0.717) is 103 Å². The molecule has 6 aromatic rings. The van der Waals surface area contributed by atoms with Crippen molar-refractivity contribution in [1.29, 1.82) is 0 Å². The fourth-order valence-electron chi connectivity index (χ4n) is 9.36. The van der Waals surface area contributed by atoms with Crippen LogP contribution in [0, 0.1) is 0 Å². The van der Waals surface area contributed by atoms with Crippen LogP contribution in [0.4, 0.5) is 28.7 Å². The van der Waals surface area contributed by atoms with Gasteiger partial charge in [-0.25, -0.2) is 15.0 Å². The van der Waals surface area contributed by atoms with Crippen molar-refractivity contribution in [2.24, 2.45) is 35.2 Å². The number of amides is 10. The van der Waals surface area contributed by atoms with Gasteiger partial charge in [0.25, 0.3) is 29.5 Å². The second kappa shape index (κ2) is 41.7. The minimum atomic E-state index is -0.638. The Hall–Kier alpha value is -10.3. The van der Waals surface area contributed by atoms with Gasteiger partial charge in [-0.2, -0.15) is 0 Å². The van der Waals surface area contributed by atoms with Gasteiger partial charge < -0.3 is 109 Å². The van der Waals surface area contributed by atoms with Crippen molar-refractivity contribution in [3.8, 4) is 5.75 Å². The lowest BCUT2D eigenvalue weighted by atomic mass is 10.3. The highest BCUT2D eigenvalue weighted by Crippen LogP contribution is 2.19. The predicted molar refractivity (Wildman–Crippen MR) is 362 cm³/mol. The third-order valence-corrected chi connectivity index (χ3v) is 14.3. The molecule has 99 heavy (non-hydrogen) atoms. The van der Waals surface area contributed by atoms with Crippen molar-refractivity contribution in [2.45, 2.75) is 45.4 Å². The molecule has 0 radical (unpaired) electrons. The molecule has 0 aliphatic carbocycles. The van der Waals surface area contributed by atoms with E-state index in [9.17, 15) is 47.9 Å². The molecule has 6 rings (SSSR count). The van der Waals surface area contributed by atoms with Gasteiger partial charge in [0.2, 0.25) is 41.2 Å². The van der Waals surface area contributed by atoms with Crippen LogP contribution < -0.4 is 57.9 Å². The molecule has 35 nitrogen and oxygen atoms in total. The number of anilines is 5. The number of ether oxygens (including phenoxy) is 6. The molecule has 0 fully saturated rings. The number of hydrogen-bond acceptors (Lipinski definition) is 20. The Bertz CT molecular complexity index is 3650. The highest BCUT2D eigenvalue weighted by Gasteiger charge is 2.22. The average Bonchev–Trinajstić information content (AvgIpc) is 1.70. The van der Waals surface area contributed by atoms with Crippen LogP contribution in [-0.2, 0) is 82.9 Å². The summed E-state index contributed by atoms with van der Waals surface area (Å²) in [6, 6.07) is 10.1. The quantitative estimate of drug-likeness (QED) is 0.0240. The molecule has 5 aromatic heterocycles. The molecular weight excluding hydrogens is 1290 g/mol. The number of aryl methyl sites for hydroxylation is 5. The van der Waals surface area contributed by atoms with E-state index in [4.69, 9.17) is 28.4 Å². The summed E-state index contributed by atoms with van der Waals surface area (Å²) in [5.74, 6) is -3.13. The number of imidazole rings is 3. The molecule has 10 amide bonds. The van der Waals surface area contributed by atoms with E-state index < -0.39 is 41.4 Å². The first-order valence-corrected chi connectivity index (χ1v) is 32.2. The number of nitrogens with zero attached hydrogens (tertiary/aromatic N) is 9. The average molecular weight is 1380 g/mol. The van der Waals surface area contributed by atoms with Crippen molar-refractivity contribution in [2.75, 3.05) is 152 Å². The standard InChI is InChI=1S/C64H91N19O16/c1-44(84)71-45-11-8-12-48(37-45)99-36-35-98-34-33-97-32-31-96-30-29-95-28-27-94-26-16-54(86)66-18-10-24-78(2)23-9-17-65-53(85)13-19-70-62(91)58-76-51(42-82(58)6)74-55(87)14-20-69-61(90)50-39-47(41-81(50)5)73-64(93)59-77-52(43-83(59)7)75-56(88)15-21-68-60(89)49-38-46(40-80(49)4)72-63(92)57-67-22-25-79(57)3/h8,11-12,22,25,37-43H,9-10,13-21,23-24,26-36H2,1-7H3,(H,65,85)(H,66,86)(H,68,89)(H,69,90)(H,70,91)(H,71,84)(H,72,92)(H,73,93)(H,74,87)(H,75,88). The lowest BCUT2D eigenvalue weighted by Crippen LogP contribution is -2.33. The lowest BCUT2D eigenvalue weighted by Gasteiger charge is -2.16. The van der Waals surface area contributed by atoms with E-state index in [1.165, 1.54) is 62.1 Å². The normalized spacial score (nSPS) is 11.0. The largest absolute Gasteiger partial charge is 0.491 e. The van der Waals surface area contributed by atoms with Crippen LogP contribution in [0.25, 0.3) is 0 Å². The number of benzene rings is 1. The zero-order chi connectivity index (χ0) is 71.5. The van der Waals surface area contributed by atoms with Gasteiger partial charge in [0.05, 0.1) is 77.4 Å². The van der Waals surface area contributed by atoms with E-state index in [2.05, 4.69) is 73.0 Å². The van der Waals surface area contributed by atoms with Crippen LogP contribution in [0.15, 0.2) is 73.6 Å². The SMILES string of the molecule is CC(=O)Nc1cccc(OCCOCCOCCOCCOCCOCCC(=O)NCCCN(C)CCCNC(=O)CCNC(=O)c2nc(NC(=O)CCNC(=O)c3cc(NC(=O)c4nc(NC(=O)CCNC(=O)c5cc(NC(=O)c6nccn6C)cn5C)cn4C)cn3C)cn2C)c1. The molecule has 0 saturated carbocycles. The van der Waals surface area contributed by atoms with Gasteiger partial charge in [-0.15, -0.1) is 0 Å². The van der Waals surface area contributed by atoms with Gasteiger partial charge in [-0.3, -0.25) is 47.9 Å². The summed E-state index contributed by atoms with van der Waals surface area (Å²) in [5, 5.41) is 27.1. The number of carbonyl (C=O) groups is 10. The van der Waals surface area contributed by atoms with Gasteiger partial charge in [0.1, 0.15) is 23.7 Å². The minimum absolute atomic E-state index is 0.000326. The Balaban J connectivity index is 0.719. The third kappa shape index (κ3) is 28.3. The van der Waals surface area contributed by atoms with Crippen LogP contribution in [0.5, 0.6) is 5.75 Å². The van der Waals surface area contributed by atoms with Crippen LogP contribution in [0.3, 0.4) is 0 Å². The molecule has 0 unspecified atom stereocenters. The maximum atomic E-state index is 13.3. The first-order valence-electron chi connectivity index (χ1n) is 32.2. The fourth-order valence-corrected chi connectivity index (χ4v) is 9.36. The fraction of sp³-hybridized carbons (Fsp3) is 0.484. The summed E-state index contributed by atoms with van der Waals surface area (Å²) in [6.07, 6.45) is 10.6. The lowest BCUT2D eigenvalue weighted by molar-refractivity contribution is -0.122. The third-order valence-electron chi connectivity index (χ3n) is 14.3. The molecular formula is C64H91N19O16. The zero-order valence-corrected chi connectivity index (χ0v) is 57.0. The van der Waals surface area contributed by atoms with Crippen LogP contribution >= 0.6 is 0 Å². The number of rotatable bonds is 46. The second-order valence-corrected chi connectivity index (χ2v) is 22.5. The molecule has 0 aliphatic heterocycles. The molecule has 10 N–H and O–H groups in total. The molecule has 5 heterocycles. The topological polar surface area (TPSA) is 413 Å². The van der Waals surface area contributed by atoms with Crippen LogP contribution in [0.1, 0.15) is 98.3 Å². The molecule has 0 atom stereocenters. The zero-order valence-electron chi connectivity index (χ0n) is 57.0. The minimum Gasteiger partial charge on any atom is -0.491 e. The summed E-state index contributed by atoms with van der Waals surface area (Å²) < 4.78 is 40.6. The highest BCUT2D eigenvalue weighted by atomic mass is 16.6. The molecule has 0 saturated heterocycles. The maximum absolute atomic E-state index is 13.3. The van der Waals surface area contributed by atoms with Crippen LogP contribution in [-0.4, -0.2) is 227 Å². The maximum Gasteiger partial charge on any atom is 0.291 e. The molecule has 0 spiro atoms. The predicted octanol–water partition coefficient (Wildman–Crippen LogP) is 1.16. The molecule has 35 heteroatoms. The van der Waals surface area contributed by atoms with Crippen molar-refractivity contribution < 1.29 is 76.4 Å².